The van der Waals surface area contributed by atoms with Crippen LogP contribution in [-0.4, -0.2) is 38.0 Å². The average Bonchev–Trinajstić information content (AvgIpc) is 2.92. The second-order valence-corrected chi connectivity index (χ2v) is 8.03. The summed E-state index contributed by atoms with van der Waals surface area (Å²) in [7, 11) is 0. The minimum atomic E-state index is -0.903. The number of nitrogens with zero attached hydrogens (tertiary/aromatic N) is 4. The zero-order valence-corrected chi connectivity index (χ0v) is 17.0. The van der Waals surface area contributed by atoms with Gasteiger partial charge >= 0.3 is 0 Å². The lowest BCUT2D eigenvalue weighted by molar-refractivity contribution is 0.0782. The Bertz CT molecular complexity index is 951. The van der Waals surface area contributed by atoms with Crippen molar-refractivity contribution in [2.24, 2.45) is 0 Å². The molecular weight excluding hydrogens is 362 g/mol. The molecule has 6 nitrogen and oxygen atoms in total. The smallest absolute Gasteiger partial charge is 0.138 e. The molecule has 0 amide bonds. The predicted octanol–water partition coefficient (Wildman–Crippen LogP) is 3.44. The summed E-state index contributed by atoms with van der Waals surface area (Å²) < 4.78 is 0. The van der Waals surface area contributed by atoms with Crippen molar-refractivity contribution in [3.05, 3.63) is 77.4 Å². The normalized spacial score (nSPS) is 14.9. The number of fused-ring (bicyclic) bond motifs is 1. The van der Waals surface area contributed by atoms with Crippen LogP contribution >= 0.6 is 0 Å². The van der Waals surface area contributed by atoms with E-state index >= 15 is 0 Å². The minimum Gasteiger partial charge on any atom is -0.386 e. The summed E-state index contributed by atoms with van der Waals surface area (Å²) in [6.45, 7) is 6.40. The number of aromatic nitrogens is 3. The molecule has 1 aliphatic heterocycles. The zero-order valence-electron chi connectivity index (χ0n) is 17.0. The molecule has 4 rings (SSSR count). The summed E-state index contributed by atoms with van der Waals surface area (Å²) >= 11 is 0. The van der Waals surface area contributed by atoms with Gasteiger partial charge < -0.3 is 10.4 Å². The lowest BCUT2D eigenvalue weighted by Crippen LogP contribution is -2.25. The Morgan fingerprint density at radius 3 is 2.52 bits per heavy atom. The molecule has 0 saturated heterocycles. The third kappa shape index (κ3) is 4.78. The van der Waals surface area contributed by atoms with Crippen LogP contribution in [0, 0.1) is 0 Å². The molecule has 3 aromatic rings. The summed E-state index contributed by atoms with van der Waals surface area (Å²) in [5.74, 6) is 1.53. The first kappa shape index (κ1) is 19.5. The van der Waals surface area contributed by atoms with Crippen molar-refractivity contribution >= 4 is 11.6 Å². The molecule has 0 atom stereocenters. The van der Waals surface area contributed by atoms with Gasteiger partial charge in [0.05, 0.1) is 11.3 Å². The largest absolute Gasteiger partial charge is 0.386 e. The Balaban J connectivity index is 1.48. The fourth-order valence-corrected chi connectivity index (χ4v) is 3.63. The Kier molecular flexibility index (Phi) is 5.56. The average molecular weight is 390 g/mol. The number of anilines is 2. The van der Waals surface area contributed by atoms with E-state index in [1.807, 2.05) is 12.1 Å². The van der Waals surface area contributed by atoms with Crippen LogP contribution in [0.25, 0.3) is 0 Å². The predicted molar refractivity (Wildman–Crippen MR) is 114 cm³/mol. The van der Waals surface area contributed by atoms with Crippen LogP contribution in [0.15, 0.2) is 55.0 Å². The van der Waals surface area contributed by atoms with Crippen LogP contribution in [-0.2, 0) is 25.0 Å². The van der Waals surface area contributed by atoms with Crippen LogP contribution in [0.3, 0.4) is 0 Å². The molecule has 2 N–H and O–H groups in total. The summed E-state index contributed by atoms with van der Waals surface area (Å²) in [6, 6.07) is 14.3. The molecule has 1 aliphatic rings. The molecular formula is C23H27N5O. The van der Waals surface area contributed by atoms with Crippen molar-refractivity contribution in [2.45, 2.75) is 38.8 Å². The number of hydrogen-bond donors (Lipinski definition) is 2. The summed E-state index contributed by atoms with van der Waals surface area (Å²) in [5.41, 5.74) is 3.47. The first-order valence-corrected chi connectivity index (χ1v) is 10.0. The maximum absolute atomic E-state index is 10.1. The van der Waals surface area contributed by atoms with Crippen LogP contribution in [0.4, 0.5) is 11.6 Å². The van der Waals surface area contributed by atoms with Gasteiger partial charge in [0.1, 0.15) is 18.0 Å². The van der Waals surface area contributed by atoms with E-state index in [0.29, 0.717) is 5.82 Å². The fourth-order valence-electron chi connectivity index (χ4n) is 3.63. The molecule has 29 heavy (non-hydrogen) atoms. The van der Waals surface area contributed by atoms with Crippen LogP contribution in [0.2, 0.25) is 0 Å². The van der Waals surface area contributed by atoms with E-state index in [2.05, 4.69) is 55.5 Å². The molecule has 0 spiro atoms. The summed E-state index contributed by atoms with van der Waals surface area (Å²) in [5, 5.41) is 13.4. The monoisotopic (exact) mass is 389 g/mol. The number of benzene rings is 1. The molecule has 2 aromatic heterocycles. The van der Waals surface area contributed by atoms with Crippen molar-refractivity contribution in [1.82, 2.24) is 19.9 Å². The van der Waals surface area contributed by atoms with Crippen LogP contribution in [0.1, 0.15) is 36.2 Å². The molecule has 0 fully saturated rings. The van der Waals surface area contributed by atoms with Gasteiger partial charge in [-0.2, -0.15) is 0 Å². The van der Waals surface area contributed by atoms with E-state index in [1.54, 1.807) is 26.4 Å². The second-order valence-electron chi connectivity index (χ2n) is 8.03. The van der Waals surface area contributed by atoms with Crippen LogP contribution in [0.5, 0.6) is 0 Å². The Morgan fingerprint density at radius 1 is 1.00 bits per heavy atom. The molecule has 0 saturated carbocycles. The van der Waals surface area contributed by atoms with Crippen molar-refractivity contribution in [3.63, 3.8) is 0 Å². The molecule has 3 heterocycles. The van der Waals surface area contributed by atoms with Crippen molar-refractivity contribution in [3.8, 4) is 0 Å². The van der Waals surface area contributed by atoms with E-state index in [1.165, 1.54) is 5.56 Å². The van der Waals surface area contributed by atoms with E-state index < -0.39 is 5.60 Å². The van der Waals surface area contributed by atoms with Gasteiger partial charge in [0.25, 0.3) is 0 Å². The van der Waals surface area contributed by atoms with Gasteiger partial charge in [0, 0.05) is 43.4 Å². The molecule has 0 aliphatic carbocycles. The van der Waals surface area contributed by atoms with Crippen molar-refractivity contribution < 1.29 is 5.11 Å². The van der Waals surface area contributed by atoms with Crippen molar-refractivity contribution in [2.75, 3.05) is 18.4 Å². The van der Waals surface area contributed by atoms with Crippen molar-refractivity contribution in [1.29, 1.82) is 0 Å². The third-order valence-corrected chi connectivity index (χ3v) is 5.34. The molecule has 150 valence electrons. The number of rotatable bonds is 5. The highest BCUT2D eigenvalue weighted by molar-refractivity contribution is 5.57. The highest BCUT2D eigenvalue weighted by atomic mass is 16.3. The lowest BCUT2D eigenvalue weighted by atomic mass is 10.0. The first-order valence-electron chi connectivity index (χ1n) is 10.0. The SMILES string of the molecule is CC(C)(O)c1ccc(Nc2ncnc3c2CCN(Cc2ccccc2)CC3)nc1. The highest BCUT2D eigenvalue weighted by Crippen LogP contribution is 2.25. The van der Waals surface area contributed by atoms with Gasteiger partial charge in [-0.05, 0) is 31.9 Å². The Morgan fingerprint density at radius 2 is 1.79 bits per heavy atom. The lowest BCUT2D eigenvalue weighted by Gasteiger charge is -2.19. The highest BCUT2D eigenvalue weighted by Gasteiger charge is 2.20. The maximum Gasteiger partial charge on any atom is 0.138 e. The van der Waals surface area contributed by atoms with Gasteiger partial charge in [-0.25, -0.2) is 15.0 Å². The number of nitrogens with one attached hydrogen (secondary N) is 1. The Hall–Kier alpha value is -2.83. The Labute approximate surface area is 171 Å². The number of aliphatic hydroxyl groups is 1. The second kappa shape index (κ2) is 8.27. The quantitative estimate of drug-likeness (QED) is 0.696. The topological polar surface area (TPSA) is 74.2 Å². The molecule has 0 unspecified atom stereocenters. The van der Waals surface area contributed by atoms with Gasteiger partial charge in [-0.3, -0.25) is 4.90 Å². The molecule has 1 aromatic carbocycles. The summed E-state index contributed by atoms with van der Waals surface area (Å²) in [6.07, 6.45) is 5.13. The van der Waals surface area contributed by atoms with Gasteiger partial charge in [-0.15, -0.1) is 0 Å². The van der Waals surface area contributed by atoms with Crippen LogP contribution < -0.4 is 5.32 Å². The van der Waals surface area contributed by atoms with Gasteiger partial charge in [-0.1, -0.05) is 36.4 Å². The van der Waals surface area contributed by atoms with E-state index in [-0.39, 0.29) is 0 Å². The van der Waals surface area contributed by atoms with E-state index in [0.717, 1.165) is 55.1 Å². The maximum atomic E-state index is 10.1. The zero-order chi connectivity index (χ0) is 20.3. The first-order chi connectivity index (χ1) is 14.0. The van der Waals surface area contributed by atoms with E-state index in [9.17, 15) is 5.11 Å². The number of hydrogen-bond acceptors (Lipinski definition) is 6. The number of pyridine rings is 1. The van der Waals surface area contributed by atoms with E-state index in [4.69, 9.17) is 0 Å². The molecule has 0 bridgehead atoms. The minimum absolute atomic E-state index is 0.712. The fraction of sp³-hybridized carbons (Fsp3) is 0.348. The van der Waals surface area contributed by atoms with Gasteiger partial charge in [0.15, 0.2) is 0 Å². The summed E-state index contributed by atoms with van der Waals surface area (Å²) in [4.78, 5) is 15.9. The molecule has 0 radical (unpaired) electrons. The standard InChI is InChI=1S/C23H27N5O/c1-23(2,29)18-8-9-21(24-14-18)27-22-19-10-12-28(13-11-20(19)25-16-26-22)15-17-6-4-3-5-7-17/h3-9,14,16,29H,10-13,15H2,1-2H3,(H,24,25,26,27). The third-order valence-electron chi connectivity index (χ3n) is 5.34. The van der Waals surface area contributed by atoms with Gasteiger partial charge in [0.2, 0.25) is 0 Å². The molecule has 6 heteroatoms.